The molecule has 19 heavy (non-hydrogen) atoms. The number of hydrogen-bond donors (Lipinski definition) is 1. The molecular formula is C11H11F6NO. The third kappa shape index (κ3) is 4.10. The first-order chi connectivity index (χ1) is 8.67. The first-order valence-electron chi connectivity index (χ1n) is 5.17. The molecule has 0 fully saturated rings. The number of nitrogens with two attached hydrogens (primary N) is 1. The molecule has 2 N–H and O–H groups in total. The van der Waals surface area contributed by atoms with Crippen molar-refractivity contribution in [1.82, 2.24) is 0 Å². The summed E-state index contributed by atoms with van der Waals surface area (Å²) in [6.45, 7) is -2.39. The summed E-state index contributed by atoms with van der Waals surface area (Å²) in [6, 6.07) is 3.52. The maximum atomic E-state index is 13.0. The van der Waals surface area contributed by atoms with E-state index in [1.165, 1.54) is 12.1 Å². The smallest absolute Gasteiger partial charge is 0.370 e. The third-order valence-corrected chi connectivity index (χ3v) is 2.30. The maximum Gasteiger partial charge on any atom is 0.455 e. The van der Waals surface area contributed by atoms with Gasteiger partial charge in [0, 0.05) is 12.1 Å². The zero-order chi connectivity index (χ0) is 14.7. The van der Waals surface area contributed by atoms with Gasteiger partial charge in [0.25, 0.3) is 0 Å². The van der Waals surface area contributed by atoms with Crippen LogP contribution in [0.25, 0.3) is 0 Å². The van der Waals surface area contributed by atoms with Gasteiger partial charge in [0.1, 0.15) is 12.4 Å². The molecule has 0 saturated heterocycles. The molecule has 0 aliphatic heterocycles. The van der Waals surface area contributed by atoms with E-state index in [1.54, 1.807) is 0 Å². The monoisotopic (exact) mass is 287 g/mol. The Labute approximate surface area is 105 Å². The molecule has 1 aromatic rings. The maximum absolute atomic E-state index is 13.0. The predicted octanol–water partition coefficient (Wildman–Crippen LogP) is 3.00. The molecule has 1 aromatic carbocycles. The molecule has 2 nitrogen and oxygen atoms in total. The lowest BCUT2D eigenvalue weighted by molar-refractivity contribution is -0.297. The molecule has 1 rings (SSSR count). The van der Waals surface area contributed by atoms with Crippen LogP contribution < -0.4 is 5.73 Å². The van der Waals surface area contributed by atoms with Crippen molar-refractivity contribution in [1.29, 1.82) is 0 Å². The highest BCUT2D eigenvalue weighted by Crippen LogP contribution is 2.35. The third-order valence-electron chi connectivity index (χ3n) is 2.30. The molecule has 0 aromatic heterocycles. The van der Waals surface area contributed by atoms with Crippen LogP contribution in [0.3, 0.4) is 0 Å². The van der Waals surface area contributed by atoms with Crippen molar-refractivity contribution in [2.24, 2.45) is 5.73 Å². The molecule has 0 bridgehead atoms. The first kappa shape index (κ1) is 15.8. The zero-order valence-electron chi connectivity index (χ0n) is 9.61. The lowest BCUT2D eigenvalue weighted by atomic mass is 10.1. The molecule has 0 spiro atoms. The fourth-order valence-corrected chi connectivity index (χ4v) is 1.25. The average molecular weight is 287 g/mol. The van der Waals surface area contributed by atoms with Crippen LogP contribution in [0.5, 0.6) is 0 Å². The summed E-state index contributed by atoms with van der Waals surface area (Å²) >= 11 is 0. The van der Waals surface area contributed by atoms with Gasteiger partial charge in [-0.3, -0.25) is 0 Å². The Bertz CT molecular complexity index is 432. The summed E-state index contributed by atoms with van der Waals surface area (Å²) < 4.78 is 77.9. The second kappa shape index (κ2) is 5.79. The molecule has 108 valence electrons. The van der Waals surface area contributed by atoms with Gasteiger partial charge in [0.2, 0.25) is 0 Å². The van der Waals surface area contributed by atoms with Crippen molar-refractivity contribution in [3.05, 3.63) is 35.1 Å². The van der Waals surface area contributed by atoms with Crippen LogP contribution in [-0.2, 0) is 17.9 Å². The van der Waals surface area contributed by atoms with E-state index in [2.05, 4.69) is 4.74 Å². The van der Waals surface area contributed by atoms with Crippen LogP contribution in [0.15, 0.2) is 18.2 Å². The van der Waals surface area contributed by atoms with Crippen molar-refractivity contribution in [3.63, 3.8) is 0 Å². The normalized spacial score (nSPS) is 12.8. The van der Waals surface area contributed by atoms with Crippen molar-refractivity contribution < 1.29 is 31.1 Å². The van der Waals surface area contributed by atoms with Gasteiger partial charge >= 0.3 is 12.1 Å². The molecule has 0 amide bonds. The lowest BCUT2D eigenvalue weighted by Crippen LogP contribution is -2.40. The topological polar surface area (TPSA) is 35.2 Å². The molecule has 8 heteroatoms. The minimum Gasteiger partial charge on any atom is -0.370 e. The highest BCUT2D eigenvalue weighted by Gasteiger charge is 2.57. The van der Waals surface area contributed by atoms with Crippen molar-refractivity contribution in [2.75, 3.05) is 6.61 Å². The summed E-state index contributed by atoms with van der Waals surface area (Å²) in [5.74, 6) is -5.49. The van der Waals surface area contributed by atoms with Crippen molar-refractivity contribution >= 4 is 0 Å². The lowest BCUT2D eigenvalue weighted by Gasteiger charge is -2.19. The Kier molecular flexibility index (Phi) is 4.81. The van der Waals surface area contributed by atoms with E-state index in [1.807, 2.05) is 0 Å². The highest BCUT2D eigenvalue weighted by atomic mass is 19.4. The van der Waals surface area contributed by atoms with E-state index in [0.29, 0.717) is 0 Å². The molecule has 0 saturated carbocycles. The van der Waals surface area contributed by atoms with Gasteiger partial charge in [-0.2, -0.15) is 22.0 Å². The minimum absolute atomic E-state index is 0.113. The summed E-state index contributed by atoms with van der Waals surface area (Å²) in [7, 11) is 0. The fourth-order valence-electron chi connectivity index (χ4n) is 1.25. The van der Waals surface area contributed by atoms with Gasteiger partial charge in [-0.25, -0.2) is 4.39 Å². The number of ether oxygens (including phenoxy) is 1. The fraction of sp³-hybridized carbons (Fsp3) is 0.455. The van der Waals surface area contributed by atoms with E-state index >= 15 is 0 Å². The van der Waals surface area contributed by atoms with Crippen LogP contribution >= 0.6 is 0 Å². The van der Waals surface area contributed by atoms with E-state index in [4.69, 9.17) is 5.73 Å². The number of halogens is 6. The Morgan fingerprint density at radius 3 is 2.26 bits per heavy atom. The standard InChI is InChI=1S/C11H11F6NO/c12-9-2-1-7(3-8(9)4-18)5-19-6-10(13,14)11(15,16)17/h1-3H,4-6,18H2. The first-order valence-corrected chi connectivity index (χ1v) is 5.17. The van der Waals surface area contributed by atoms with E-state index in [0.717, 1.165) is 6.07 Å². The van der Waals surface area contributed by atoms with Crippen LogP contribution in [-0.4, -0.2) is 18.7 Å². The predicted molar refractivity (Wildman–Crippen MR) is 54.9 cm³/mol. The number of rotatable bonds is 5. The average Bonchev–Trinajstić information content (AvgIpc) is 2.29. The minimum atomic E-state index is -5.65. The Hall–Kier alpha value is -1.28. The second-order valence-corrected chi connectivity index (χ2v) is 3.82. The molecule has 0 radical (unpaired) electrons. The Morgan fingerprint density at radius 1 is 1.11 bits per heavy atom. The van der Waals surface area contributed by atoms with Gasteiger partial charge in [-0.05, 0) is 17.7 Å². The van der Waals surface area contributed by atoms with Crippen LogP contribution in [0, 0.1) is 5.82 Å². The van der Waals surface area contributed by atoms with Gasteiger partial charge in [0.05, 0.1) is 6.61 Å². The molecule has 0 atom stereocenters. The molecular weight excluding hydrogens is 276 g/mol. The number of benzene rings is 1. The van der Waals surface area contributed by atoms with Gasteiger partial charge in [-0.1, -0.05) is 6.07 Å². The number of hydrogen-bond acceptors (Lipinski definition) is 2. The van der Waals surface area contributed by atoms with Gasteiger partial charge in [-0.15, -0.1) is 0 Å². The van der Waals surface area contributed by atoms with Gasteiger partial charge in [0.15, 0.2) is 0 Å². The largest absolute Gasteiger partial charge is 0.455 e. The molecule has 0 aliphatic rings. The molecule has 0 aliphatic carbocycles. The number of alkyl halides is 5. The van der Waals surface area contributed by atoms with Crippen LogP contribution in [0.1, 0.15) is 11.1 Å². The van der Waals surface area contributed by atoms with Crippen molar-refractivity contribution in [3.8, 4) is 0 Å². The molecule has 0 heterocycles. The summed E-state index contributed by atoms with van der Waals surface area (Å²) in [6.07, 6.45) is -5.65. The van der Waals surface area contributed by atoms with E-state index in [-0.39, 0.29) is 17.7 Å². The highest BCUT2D eigenvalue weighted by molar-refractivity contribution is 5.24. The SMILES string of the molecule is NCc1cc(COCC(F)(F)C(F)(F)F)ccc1F. The summed E-state index contributed by atoms with van der Waals surface area (Å²) in [5.41, 5.74) is 5.62. The Balaban J connectivity index is 2.59. The zero-order valence-corrected chi connectivity index (χ0v) is 9.61. The van der Waals surface area contributed by atoms with E-state index in [9.17, 15) is 26.3 Å². The second-order valence-electron chi connectivity index (χ2n) is 3.82. The Morgan fingerprint density at radius 2 is 1.74 bits per heavy atom. The van der Waals surface area contributed by atoms with Crippen LogP contribution in [0.4, 0.5) is 26.3 Å². The van der Waals surface area contributed by atoms with E-state index < -0.39 is 31.1 Å². The van der Waals surface area contributed by atoms with Crippen molar-refractivity contribution in [2.45, 2.75) is 25.3 Å². The quantitative estimate of drug-likeness (QED) is 0.845. The summed E-state index contributed by atoms with van der Waals surface area (Å²) in [4.78, 5) is 0. The summed E-state index contributed by atoms with van der Waals surface area (Å²) in [5, 5.41) is 0. The van der Waals surface area contributed by atoms with Crippen LogP contribution in [0.2, 0.25) is 0 Å². The van der Waals surface area contributed by atoms with Gasteiger partial charge < -0.3 is 10.5 Å². The molecule has 0 unspecified atom stereocenters.